The van der Waals surface area contributed by atoms with Crippen LogP contribution in [-0.2, 0) is 11.2 Å². The minimum absolute atomic E-state index is 0.0516. The highest BCUT2D eigenvalue weighted by Gasteiger charge is 2.43. The highest BCUT2D eigenvalue weighted by molar-refractivity contribution is 7.13. The van der Waals surface area contributed by atoms with Crippen LogP contribution in [0.15, 0.2) is 29.9 Å². The summed E-state index contributed by atoms with van der Waals surface area (Å²) in [6, 6.07) is 6.10. The van der Waals surface area contributed by atoms with Crippen molar-refractivity contribution in [2.24, 2.45) is 0 Å². The number of aromatic nitrogens is 2. The third kappa shape index (κ3) is 2.60. The molecule has 0 atom stereocenters. The molecule has 2 heterocycles. The van der Waals surface area contributed by atoms with Gasteiger partial charge in [-0.05, 0) is 31.4 Å². The number of carbonyl (C=O) groups excluding carboxylic acids is 1. The number of rotatable bonds is 4. The van der Waals surface area contributed by atoms with Gasteiger partial charge in [0.2, 0.25) is 5.91 Å². The van der Waals surface area contributed by atoms with Crippen LogP contribution in [0, 0.1) is 11.3 Å². The Morgan fingerprint density at radius 2 is 2.36 bits per heavy atom. The molecule has 0 unspecified atom stereocenters. The van der Waals surface area contributed by atoms with Crippen molar-refractivity contribution < 1.29 is 4.79 Å². The van der Waals surface area contributed by atoms with E-state index >= 15 is 0 Å². The largest absolute Gasteiger partial charge is 0.327 e. The average molecular weight is 312 g/mol. The third-order valence-corrected chi connectivity index (χ3v) is 5.14. The first kappa shape index (κ1) is 14.7. The van der Waals surface area contributed by atoms with Gasteiger partial charge < -0.3 is 4.90 Å². The van der Waals surface area contributed by atoms with Crippen molar-refractivity contribution in [3.63, 3.8) is 0 Å². The summed E-state index contributed by atoms with van der Waals surface area (Å²) in [6.45, 7) is 0. The van der Waals surface area contributed by atoms with E-state index in [1.807, 2.05) is 17.5 Å². The number of hydrogen-bond donors (Lipinski definition) is 0. The van der Waals surface area contributed by atoms with Crippen LogP contribution in [-0.4, -0.2) is 33.4 Å². The maximum absolute atomic E-state index is 12.4. The molecule has 0 N–H and O–H groups in total. The normalized spacial score (nSPS) is 15.6. The Balaban J connectivity index is 1.70. The van der Waals surface area contributed by atoms with Crippen LogP contribution in [0.3, 0.4) is 0 Å². The fourth-order valence-electron chi connectivity index (χ4n) is 2.56. The molecular weight excluding hydrogens is 296 g/mol. The summed E-state index contributed by atoms with van der Waals surface area (Å²) in [5.74, 6) is -0.0516. The standard InChI is InChI=1S/C16H16N4OS/c1-20(16(11-17)5-3-6-16)14(21)8-13-10-22-15(19-13)12-4-2-7-18-9-12/h2,4,7,9-10H,3,5-6,8H2,1H3. The second-order valence-electron chi connectivity index (χ2n) is 5.51. The van der Waals surface area contributed by atoms with Crippen molar-refractivity contribution in [2.75, 3.05) is 7.05 Å². The van der Waals surface area contributed by atoms with E-state index in [0.29, 0.717) is 0 Å². The van der Waals surface area contributed by atoms with Gasteiger partial charge in [0.1, 0.15) is 10.5 Å². The molecule has 1 aliphatic rings. The van der Waals surface area contributed by atoms with Crippen LogP contribution in [0.4, 0.5) is 0 Å². The summed E-state index contributed by atoms with van der Waals surface area (Å²) < 4.78 is 0. The maximum atomic E-state index is 12.4. The van der Waals surface area contributed by atoms with Crippen LogP contribution in [0.5, 0.6) is 0 Å². The Morgan fingerprint density at radius 3 is 2.95 bits per heavy atom. The summed E-state index contributed by atoms with van der Waals surface area (Å²) in [7, 11) is 1.72. The smallest absolute Gasteiger partial charge is 0.229 e. The summed E-state index contributed by atoms with van der Waals surface area (Å²) >= 11 is 1.50. The Kier molecular flexibility index (Phi) is 3.90. The van der Waals surface area contributed by atoms with Crippen molar-refractivity contribution in [2.45, 2.75) is 31.2 Å². The molecule has 0 aliphatic heterocycles. The van der Waals surface area contributed by atoms with Crippen molar-refractivity contribution >= 4 is 17.2 Å². The monoisotopic (exact) mass is 312 g/mol. The first-order chi connectivity index (χ1) is 10.6. The van der Waals surface area contributed by atoms with Crippen molar-refractivity contribution in [1.29, 1.82) is 5.26 Å². The van der Waals surface area contributed by atoms with Crippen LogP contribution in [0.1, 0.15) is 25.0 Å². The van der Waals surface area contributed by atoms with Gasteiger partial charge in [0.25, 0.3) is 0 Å². The lowest BCUT2D eigenvalue weighted by atomic mass is 9.76. The van der Waals surface area contributed by atoms with E-state index in [0.717, 1.165) is 35.5 Å². The highest BCUT2D eigenvalue weighted by atomic mass is 32.1. The van der Waals surface area contributed by atoms with Gasteiger partial charge in [-0.2, -0.15) is 5.26 Å². The molecule has 1 aliphatic carbocycles. The van der Waals surface area contributed by atoms with E-state index in [-0.39, 0.29) is 12.3 Å². The van der Waals surface area contributed by atoms with Crippen LogP contribution in [0.2, 0.25) is 0 Å². The Hall–Kier alpha value is -2.26. The Bertz CT molecular complexity index is 715. The Labute approximate surface area is 133 Å². The quantitative estimate of drug-likeness (QED) is 0.870. The number of nitriles is 1. The zero-order valence-corrected chi connectivity index (χ0v) is 13.1. The van der Waals surface area contributed by atoms with E-state index in [1.165, 1.54) is 11.3 Å². The van der Waals surface area contributed by atoms with Crippen molar-refractivity contribution in [1.82, 2.24) is 14.9 Å². The van der Waals surface area contributed by atoms with Crippen LogP contribution < -0.4 is 0 Å². The average Bonchev–Trinajstić information content (AvgIpc) is 2.96. The summed E-state index contributed by atoms with van der Waals surface area (Å²) in [4.78, 5) is 22.6. The lowest BCUT2D eigenvalue weighted by molar-refractivity contribution is -0.135. The van der Waals surface area contributed by atoms with Gasteiger partial charge in [-0.1, -0.05) is 0 Å². The highest BCUT2D eigenvalue weighted by Crippen LogP contribution is 2.36. The summed E-state index contributed by atoms with van der Waals surface area (Å²) in [5.41, 5.74) is 1.10. The number of nitrogens with zero attached hydrogens (tertiary/aromatic N) is 4. The van der Waals surface area contributed by atoms with E-state index < -0.39 is 5.54 Å². The SMILES string of the molecule is CN(C(=O)Cc1csc(-c2cccnc2)n1)C1(C#N)CCC1. The number of pyridine rings is 1. The second kappa shape index (κ2) is 5.85. The molecule has 2 aromatic rings. The number of thiazole rings is 1. The number of amides is 1. The van der Waals surface area contributed by atoms with Gasteiger partial charge in [-0.15, -0.1) is 11.3 Å². The molecule has 5 nitrogen and oxygen atoms in total. The molecule has 0 spiro atoms. The Morgan fingerprint density at radius 1 is 1.55 bits per heavy atom. The molecule has 1 saturated carbocycles. The molecule has 3 rings (SSSR count). The molecular formula is C16H16N4OS. The van der Waals surface area contributed by atoms with Gasteiger partial charge in [0, 0.05) is 30.4 Å². The number of hydrogen-bond acceptors (Lipinski definition) is 5. The summed E-state index contributed by atoms with van der Waals surface area (Å²) in [5, 5.41) is 12.1. The molecule has 112 valence electrons. The second-order valence-corrected chi connectivity index (χ2v) is 6.37. The molecule has 6 heteroatoms. The van der Waals surface area contributed by atoms with E-state index in [2.05, 4.69) is 16.0 Å². The molecule has 0 radical (unpaired) electrons. The molecule has 1 amide bonds. The molecule has 22 heavy (non-hydrogen) atoms. The van der Waals surface area contributed by atoms with E-state index in [1.54, 1.807) is 24.3 Å². The molecule has 0 bridgehead atoms. The minimum atomic E-state index is -0.598. The molecule has 2 aromatic heterocycles. The third-order valence-electron chi connectivity index (χ3n) is 4.20. The predicted molar refractivity (Wildman–Crippen MR) is 84.0 cm³/mol. The van der Waals surface area contributed by atoms with E-state index in [4.69, 9.17) is 0 Å². The molecule has 1 fully saturated rings. The van der Waals surface area contributed by atoms with Crippen molar-refractivity contribution in [3.05, 3.63) is 35.6 Å². The zero-order chi connectivity index (χ0) is 15.6. The lowest BCUT2D eigenvalue weighted by Crippen LogP contribution is -2.53. The zero-order valence-electron chi connectivity index (χ0n) is 12.3. The van der Waals surface area contributed by atoms with Crippen LogP contribution >= 0.6 is 11.3 Å². The number of likely N-dealkylation sites (N-methyl/N-ethyl adjacent to an activating group) is 1. The van der Waals surface area contributed by atoms with Crippen LogP contribution in [0.25, 0.3) is 10.6 Å². The van der Waals surface area contributed by atoms with Gasteiger partial charge in [0.05, 0.1) is 18.2 Å². The predicted octanol–water partition coefficient (Wildman–Crippen LogP) is 2.65. The first-order valence-electron chi connectivity index (χ1n) is 7.17. The number of carbonyl (C=O) groups is 1. The fourth-order valence-corrected chi connectivity index (χ4v) is 3.37. The van der Waals surface area contributed by atoms with Gasteiger partial charge in [0.15, 0.2) is 0 Å². The summed E-state index contributed by atoms with van der Waals surface area (Å²) in [6.07, 6.45) is 6.25. The molecule has 0 aromatic carbocycles. The van der Waals surface area contributed by atoms with Crippen molar-refractivity contribution in [3.8, 4) is 16.6 Å². The van der Waals surface area contributed by atoms with Gasteiger partial charge in [-0.25, -0.2) is 4.98 Å². The van der Waals surface area contributed by atoms with Gasteiger partial charge >= 0.3 is 0 Å². The first-order valence-corrected chi connectivity index (χ1v) is 8.05. The lowest BCUT2D eigenvalue weighted by Gasteiger charge is -2.42. The maximum Gasteiger partial charge on any atom is 0.229 e. The molecule has 0 saturated heterocycles. The fraction of sp³-hybridized carbons (Fsp3) is 0.375. The minimum Gasteiger partial charge on any atom is -0.327 e. The van der Waals surface area contributed by atoms with Gasteiger partial charge in [-0.3, -0.25) is 9.78 Å². The topological polar surface area (TPSA) is 69.9 Å². The van der Waals surface area contributed by atoms with E-state index in [9.17, 15) is 10.1 Å².